The van der Waals surface area contributed by atoms with Crippen molar-refractivity contribution >= 4 is 28.2 Å². The average Bonchev–Trinajstić information content (AvgIpc) is 3.06. The monoisotopic (exact) mass is 326 g/mol. The van der Waals surface area contributed by atoms with Crippen molar-refractivity contribution in [1.82, 2.24) is 4.57 Å². The molecule has 5 heteroatoms. The van der Waals surface area contributed by atoms with Crippen molar-refractivity contribution in [3.63, 3.8) is 0 Å². The van der Waals surface area contributed by atoms with Crippen molar-refractivity contribution in [3.05, 3.63) is 45.6 Å². The Morgan fingerprint density at radius 2 is 2.17 bits per heavy atom. The summed E-state index contributed by atoms with van der Waals surface area (Å²) in [7, 11) is 2.11. The number of thiophene rings is 1. The second kappa shape index (κ2) is 5.22. The topological polar surface area (TPSA) is 68.2 Å². The number of fused-ring (bicyclic) bond motifs is 5. The zero-order valence-electron chi connectivity index (χ0n) is 12.9. The molecule has 118 valence electrons. The summed E-state index contributed by atoms with van der Waals surface area (Å²) in [6, 6.07) is 9.80. The Morgan fingerprint density at radius 1 is 1.39 bits per heavy atom. The molecule has 0 aliphatic heterocycles. The molecule has 3 N–H and O–H groups in total. The molecular formula is C18H18N2O2S. The van der Waals surface area contributed by atoms with Gasteiger partial charge in [-0.2, -0.15) is 0 Å². The molecule has 2 heterocycles. The Labute approximate surface area is 138 Å². The van der Waals surface area contributed by atoms with Gasteiger partial charge in [-0.1, -0.05) is 18.2 Å². The molecule has 1 aliphatic rings. The van der Waals surface area contributed by atoms with Gasteiger partial charge in [0.2, 0.25) is 0 Å². The number of aromatic nitrogens is 1. The third-order valence-electron chi connectivity index (χ3n) is 4.67. The van der Waals surface area contributed by atoms with Gasteiger partial charge in [-0.05, 0) is 30.5 Å². The Kier molecular flexibility index (Phi) is 3.28. The van der Waals surface area contributed by atoms with Crippen LogP contribution in [-0.2, 0) is 31.1 Å². The maximum Gasteiger partial charge on any atom is 0.320 e. The smallest absolute Gasteiger partial charge is 0.320 e. The van der Waals surface area contributed by atoms with Gasteiger partial charge in [-0.3, -0.25) is 4.79 Å². The third kappa shape index (κ3) is 2.19. The largest absolute Gasteiger partial charge is 0.480 e. The van der Waals surface area contributed by atoms with Crippen molar-refractivity contribution in [2.75, 3.05) is 0 Å². The second-order valence-corrected chi connectivity index (χ2v) is 7.32. The molecule has 0 saturated carbocycles. The van der Waals surface area contributed by atoms with Gasteiger partial charge in [-0.15, -0.1) is 11.3 Å². The standard InChI is InChI=1S/C18H18N2O2S/c1-20-15-5-3-2-4-11(15)12-6-7-16-13(17(12)20)8-10(23-16)9-14(19)18(21)22/h2-5,8,14H,6-7,9,19H2,1H3,(H,21,22). The van der Waals surface area contributed by atoms with E-state index < -0.39 is 12.0 Å². The van der Waals surface area contributed by atoms with Gasteiger partial charge in [0.15, 0.2) is 0 Å². The molecular weight excluding hydrogens is 308 g/mol. The van der Waals surface area contributed by atoms with Crippen LogP contribution >= 0.6 is 11.3 Å². The van der Waals surface area contributed by atoms with E-state index in [9.17, 15) is 4.79 Å². The molecule has 3 aromatic rings. The van der Waals surface area contributed by atoms with Gasteiger partial charge in [0.05, 0.1) is 5.69 Å². The molecule has 0 fully saturated rings. The molecule has 1 aliphatic carbocycles. The zero-order valence-corrected chi connectivity index (χ0v) is 13.7. The first-order chi connectivity index (χ1) is 11.1. The fourth-order valence-corrected chi connectivity index (χ4v) is 4.81. The summed E-state index contributed by atoms with van der Waals surface area (Å²) in [4.78, 5) is 13.4. The Hall–Kier alpha value is -2.11. The lowest BCUT2D eigenvalue weighted by Crippen LogP contribution is -2.31. The van der Waals surface area contributed by atoms with Crippen LogP contribution in [0.15, 0.2) is 30.3 Å². The maximum absolute atomic E-state index is 11.0. The maximum atomic E-state index is 11.0. The highest BCUT2D eigenvalue weighted by atomic mass is 32.1. The molecule has 23 heavy (non-hydrogen) atoms. The summed E-state index contributed by atoms with van der Waals surface area (Å²) < 4.78 is 2.26. The zero-order chi connectivity index (χ0) is 16.1. The van der Waals surface area contributed by atoms with Crippen LogP contribution in [0.1, 0.15) is 15.3 Å². The lowest BCUT2D eigenvalue weighted by molar-refractivity contribution is -0.138. The third-order valence-corrected chi connectivity index (χ3v) is 5.88. The van der Waals surface area contributed by atoms with Gasteiger partial charge < -0.3 is 15.4 Å². The Bertz CT molecular complexity index is 923. The number of aryl methyl sites for hydroxylation is 3. The molecule has 0 saturated heterocycles. The predicted molar refractivity (Wildman–Crippen MR) is 93.0 cm³/mol. The number of nitrogens with two attached hydrogens (primary N) is 1. The first kappa shape index (κ1) is 14.5. The van der Waals surface area contributed by atoms with Crippen molar-refractivity contribution < 1.29 is 9.90 Å². The minimum absolute atomic E-state index is 0.395. The first-order valence-electron chi connectivity index (χ1n) is 7.73. The number of hydrogen-bond acceptors (Lipinski definition) is 3. The molecule has 0 radical (unpaired) electrons. The van der Waals surface area contributed by atoms with E-state index in [1.54, 1.807) is 11.3 Å². The van der Waals surface area contributed by atoms with Crippen LogP contribution in [0.25, 0.3) is 22.2 Å². The summed E-state index contributed by atoms with van der Waals surface area (Å²) >= 11 is 1.71. The number of carboxylic acids is 1. The van der Waals surface area contributed by atoms with Crippen molar-refractivity contribution in [3.8, 4) is 11.3 Å². The molecule has 0 spiro atoms. The average molecular weight is 326 g/mol. The Morgan fingerprint density at radius 3 is 2.96 bits per heavy atom. The van der Waals surface area contributed by atoms with Gasteiger partial charge in [-0.25, -0.2) is 0 Å². The lowest BCUT2D eigenvalue weighted by Gasteiger charge is -2.14. The lowest BCUT2D eigenvalue weighted by atomic mass is 9.94. The van der Waals surface area contributed by atoms with Crippen LogP contribution in [-0.4, -0.2) is 21.7 Å². The molecule has 2 aromatic heterocycles. The number of hydrogen-bond donors (Lipinski definition) is 2. The van der Waals surface area contributed by atoms with Crippen LogP contribution in [0, 0.1) is 0 Å². The summed E-state index contributed by atoms with van der Waals surface area (Å²) in [5, 5.41) is 10.3. The molecule has 4 rings (SSSR count). The number of aliphatic carboxylic acids is 1. The molecule has 1 atom stereocenters. The summed E-state index contributed by atoms with van der Waals surface area (Å²) in [6.45, 7) is 0. The van der Waals surface area contributed by atoms with Gasteiger partial charge in [0.1, 0.15) is 6.04 Å². The van der Waals surface area contributed by atoms with Crippen LogP contribution in [0.4, 0.5) is 0 Å². The van der Waals surface area contributed by atoms with Gasteiger partial charge in [0, 0.05) is 39.7 Å². The number of benzene rings is 1. The van der Waals surface area contributed by atoms with E-state index in [1.807, 2.05) is 0 Å². The van der Waals surface area contributed by atoms with Crippen LogP contribution in [0.3, 0.4) is 0 Å². The second-order valence-electron chi connectivity index (χ2n) is 6.10. The van der Waals surface area contributed by atoms with E-state index >= 15 is 0 Å². The quantitative estimate of drug-likeness (QED) is 0.777. The van der Waals surface area contributed by atoms with Crippen molar-refractivity contribution in [1.29, 1.82) is 0 Å². The van der Waals surface area contributed by atoms with Crippen molar-refractivity contribution in [2.24, 2.45) is 12.8 Å². The summed E-state index contributed by atoms with van der Waals surface area (Å²) in [6.07, 6.45) is 2.45. The van der Waals surface area contributed by atoms with E-state index in [1.165, 1.54) is 32.6 Å². The minimum Gasteiger partial charge on any atom is -0.480 e. The molecule has 1 aromatic carbocycles. The van der Waals surface area contributed by atoms with E-state index in [0.29, 0.717) is 6.42 Å². The predicted octanol–water partition coefficient (Wildman–Crippen LogP) is 2.96. The Balaban J connectivity index is 1.84. The fraction of sp³-hybridized carbons (Fsp3) is 0.278. The van der Waals surface area contributed by atoms with E-state index in [0.717, 1.165) is 17.7 Å². The summed E-state index contributed by atoms with van der Waals surface area (Å²) in [5.41, 5.74) is 10.9. The van der Waals surface area contributed by atoms with E-state index in [-0.39, 0.29) is 0 Å². The highest BCUT2D eigenvalue weighted by Gasteiger charge is 2.25. The number of nitrogens with zero attached hydrogens (tertiary/aromatic N) is 1. The minimum atomic E-state index is -0.943. The molecule has 0 amide bonds. The summed E-state index contributed by atoms with van der Waals surface area (Å²) in [5.74, 6) is -0.943. The number of carboxylic acid groups (broad SMARTS) is 1. The molecule has 4 nitrogen and oxygen atoms in total. The van der Waals surface area contributed by atoms with Crippen molar-refractivity contribution in [2.45, 2.75) is 25.3 Å². The van der Waals surface area contributed by atoms with Gasteiger partial charge in [0.25, 0.3) is 0 Å². The highest BCUT2D eigenvalue weighted by Crippen LogP contribution is 2.43. The molecule has 1 unspecified atom stereocenters. The van der Waals surface area contributed by atoms with Crippen LogP contribution in [0.5, 0.6) is 0 Å². The van der Waals surface area contributed by atoms with E-state index in [4.69, 9.17) is 10.8 Å². The number of para-hydroxylation sites is 1. The number of carbonyl (C=O) groups is 1. The normalized spacial score (nSPS) is 14.5. The first-order valence-corrected chi connectivity index (χ1v) is 8.54. The highest BCUT2D eigenvalue weighted by molar-refractivity contribution is 7.12. The SMILES string of the molecule is Cn1c2c(c3ccccc31)CCc1sc(CC(N)C(=O)O)cc1-2. The number of rotatable bonds is 3. The molecule has 0 bridgehead atoms. The van der Waals surface area contributed by atoms with Crippen LogP contribution < -0.4 is 5.73 Å². The fourth-order valence-electron chi connectivity index (χ4n) is 3.58. The van der Waals surface area contributed by atoms with E-state index in [2.05, 4.69) is 41.9 Å². The van der Waals surface area contributed by atoms with Crippen LogP contribution in [0.2, 0.25) is 0 Å². The van der Waals surface area contributed by atoms with Gasteiger partial charge >= 0.3 is 5.97 Å².